The van der Waals surface area contributed by atoms with Gasteiger partial charge in [0.25, 0.3) is 0 Å². The van der Waals surface area contributed by atoms with Crippen molar-refractivity contribution in [3.63, 3.8) is 0 Å². The number of rotatable bonds is 6. The van der Waals surface area contributed by atoms with Crippen molar-refractivity contribution in [3.8, 4) is 0 Å². The van der Waals surface area contributed by atoms with Gasteiger partial charge in [0, 0.05) is 11.8 Å². The molecule has 22 heavy (non-hydrogen) atoms. The van der Waals surface area contributed by atoms with Crippen LogP contribution in [0.1, 0.15) is 15.9 Å². The SMILES string of the molecule is CS(=O)(=O)N(Cc1ccc(C(=O)CN)cc1)c1cccnc1. The van der Waals surface area contributed by atoms with Crippen molar-refractivity contribution in [3.05, 3.63) is 59.9 Å². The van der Waals surface area contributed by atoms with Gasteiger partial charge < -0.3 is 5.73 Å². The molecule has 7 heteroatoms. The van der Waals surface area contributed by atoms with E-state index in [-0.39, 0.29) is 18.9 Å². The van der Waals surface area contributed by atoms with Crippen LogP contribution in [0.3, 0.4) is 0 Å². The summed E-state index contributed by atoms with van der Waals surface area (Å²) >= 11 is 0. The Morgan fingerprint density at radius 3 is 2.41 bits per heavy atom. The van der Waals surface area contributed by atoms with Crippen LogP contribution in [0.25, 0.3) is 0 Å². The molecular weight excluding hydrogens is 302 g/mol. The zero-order valence-electron chi connectivity index (χ0n) is 12.1. The standard InChI is InChI=1S/C15H17N3O3S/c1-22(20,21)18(14-3-2-8-17-10-14)11-12-4-6-13(7-5-12)15(19)9-16/h2-8,10H,9,11,16H2,1H3. The Kier molecular flexibility index (Phi) is 4.89. The number of carbonyl (C=O) groups excluding carboxylic acids is 1. The molecule has 2 aromatic rings. The van der Waals surface area contributed by atoms with Gasteiger partial charge in [-0.2, -0.15) is 0 Å². The molecule has 0 saturated heterocycles. The molecule has 0 saturated carbocycles. The van der Waals surface area contributed by atoms with Gasteiger partial charge in [-0.05, 0) is 17.7 Å². The number of Topliss-reactive ketones (excluding diaryl/α,β-unsaturated/α-hetero) is 1. The summed E-state index contributed by atoms with van der Waals surface area (Å²) < 4.78 is 25.2. The van der Waals surface area contributed by atoms with Crippen molar-refractivity contribution < 1.29 is 13.2 Å². The van der Waals surface area contributed by atoms with E-state index in [4.69, 9.17) is 5.73 Å². The lowest BCUT2D eigenvalue weighted by molar-refractivity contribution is 0.100. The molecular formula is C15H17N3O3S. The molecule has 1 aromatic heterocycles. The molecule has 0 amide bonds. The highest BCUT2D eigenvalue weighted by atomic mass is 32.2. The first kappa shape index (κ1) is 16.1. The molecule has 1 aromatic carbocycles. The summed E-state index contributed by atoms with van der Waals surface area (Å²) in [5.74, 6) is -0.154. The second-order valence-corrected chi connectivity index (χ2v) is 6.71. The first-order valence-corrected chi connectivity index (χ1v) is 8.46. The fraction of sp³-hybridized carbons (Fsp3) is 0.200. The third-order valence-electron chi connectivity index (χ3n) is 3.12. The highest BCUT2D eigenvalue weighted by Crippen LogP contribution is 2.19. The maximum Gasteiger partial charge on any atom is 0.232 e. The Hall–Kier alpha value is -2.25. The number of hydrogen-bond donors (Lipinski definition) is 1. The van der Waals surface area contributed by atoms with E-state index < -0.39 is 10.0 Å². The number of ketones is 1. The summed E-state index contributed by atoms with van der Waals surface area (Å²) in [6.45, 7) is 0.117. The fourth-order valence-electron chi connectivity index (χ4n) is 1.98. The Labute approximate surface area is 129 Å². The molecule has 0 aliphatic rings. The van der Waals surface area contributed by atoms with Crippen molar-refractivity contribution in [2.45, 2.75) is 6.54 Å². The molecule has 0 atom stereocenters. The molecule has 0 radical (unpaired) electrons. The maximum atomic E-state index is 12.0. The van der Waals surface area contributed by atoms with Crippen LogP contribution in [0.2, 0.25) is 0 Å². The van der Waals surface area contributed by atoms with Crippen LogP contribution in [-0.4, -0.2) is 32.0 Å². The first-order valence-electron chi connectivity index (χ1n) is 6.62. The van der Waals surface area contributed by atoms with Gasteiger partial charge in [0.2, 0.25) is 10.0 Å². The minimum absolute atomic E-state index is 0.0511. The zero-order chi connectivity index (χ0) is 16.2. The molecule has 0 fully saturated rings. The van der Waals surface area contributed by atoms with Gasteiger partial charge >= 0.3 is 0 Å². The smallest absolute Gasteiger partial charge is 0.232 e. The van der Waals surface area contributed by atoms with Crippen LogP contribution < -0.4 is 10.0 Å². The average molecular weight is 319 g/mol. The summed E-state index contributed by atoms with van der Waals surface area (Å²) in [5.41, 5.74) is 7.08. The van der Waals surface area contributed by atoms with Gasteiger partial charge in [-0.3, -0.25) is 14.1 Å². The third-order valence-corrected chi connectivity index (χ3v) is 4.26. The molecule has 1 heterocycles. The molecule has 2 rings (SSSR count). The van der Waals surface area contributed by atoms with E-state index in [1.165, 1.54) is 10.5 Å². The van der Waals surface area contributed by atoms with Gasteiger partial charge in [-0.15, -0.1) is 0 Å². The molecule has 2 N–H and O–H groups in total. The van der Waals surface area contributed by atoms with Crippen molar-refractivity contribution >= 4 is 21.5 Å². The lowest BCUT2D eigenvalue weighted by atomic mass is 10.1. The monoisotopic (exact) mass is 319 g/mol. The Bertz CT molecular complexity index is 743. The first-order chi connectivity index (χ1) is 10.4. The second-order valence-electron chi connectivity index (χ2n) is 4.81. The predicted octanol–water partition coefficient (Wildman–Crippen LogP) is 1.19. The number of pyridine rings is 1. The van der Waals surface area contributed by atoms with Gasteiger partial charge in [0.15, 0.2) is 5.78 Å². The molecule has 0 aliphatic carbocycles. The van der Waals surface area contributed by atoms with E-state index in [0.29, 0.717) is 11.3 Å². The lowest BCUT2D eigenvalue weighted by Gasteiger charge is -2.22. The number of aromatic nitrogens is 1. The number of hydrogen-bond acceptors (Lipinski definition) is 5. The Morgan fingerprint density at radius 1 is 1.23 bits per heavy atom. The number of carbonyl (C=O) groups is 1. The topological polar surface area (TPSA) is 93.4 Å². The van der Waals surface area contributed by atoms with E-state index in [9.17, 15) is 13.2 Å². The lowest BCUT2D eigenvalue weighted by Crippen LogP contribution is -2.29. The summed E-state index contributed by atoms with van der Waals surface area (Å²) in [6.07, 6.45) is 4.22. The number of nitrogens with zero attached hydrogens (tertiary/aromatic N) is 2. The highest BCUT2D eigenvalue weighted by Gasteiger charge is 2.18. The van der Waals surface area contributed by atoms with Crippen LogP contribution >= 0.6 is 0 Å². The van der Waals surface area contributed by atoms with Gasteiger partial charge in [0.05, 0.1) is 31.2 Å². The number of anilines is 1. The van der Waals surface area contributed by atoms with E-state index in [2.05, 4.69) is 4.98 Å². The molecule has 6 nitrogen and oxygen atoms in total. The molecule has 0 bridgehead atoms. The zero-order valence-corrected chi connectivity index (χ0v) is 13.0. The average Bonchev–Trinajstić information content (AvgIpc) is 2.52. The van der Waals surface area contributed by atoms with E-state index in [1.54, 1.807) is 42.6 Å². The Morgan fingerprint density at radius 2 is 1.91 bits per heavy atom. The van der Waals surface area contributed by atoms with Crippen LogP contribution in [0.15, 0.2) is 48.8 Å². The highest BCUT2D eigenvalue weighted by molar-refractivity contribution is 7.92. The van der Waals surface area contributed by atoms with Gasteiger partial charge in [-0.25, -0.2) is 8.42 Å². The predicted molar refractivity (Wildman–Crippen MR) is 85.1 cm³/mol. The van der Waals surface area contributed by atoms with E-state index in [1.807, 2.05) is 0 Å². The summed E-state index contributed by atoms with van der Waals surface area (Å²) in [7, 11) is -3.44. The minimum atomic E-state index is -3.44. The van der Waals surface area contributed by atoms with Gasteiger partial charge in [0.1, 0.15) is 0 Å². The van der Waals surface area contributed by atoms with Gasteiger partial charge in [-0.1, -0.05) is 24.3 Å². The van der Waals surface area contributed by atoms with Crippen LogP contribution in [0.5, 0.6) is 0 Å². The van der Waals surface area contributed by atoms with Crippen molar-refractivity contribution in [2.75, 3.05) is 17.1 Å². The van der Waals surface area contributed by atoms with Crippen molar-refractivity contribution in [1.82, 2.24) is 4.98 Å². The quantitative estimate of drug-likeness (QED) is 0.807. The Balaban J connectivity index is 2.27. The number of nitrogens with two attached hydrogens (primary N) is 1. The maximum absolute atomic E-state index is 12.0. The summed E-state index contributed by atoms with van der Waals surface area (Å²) in [6, 6.07) is 10.1. The second kappa shape index (κ2) is 6.67. The normalized spacial score (nSPS) is 11.2. The van der Waals surface area contributed by atoms with Crippen LogP contribution in [-0.2, 0) is 16.6 Å². The number of benzene rings is 1. The van der Waals surface area contributed by atoms with Crippen molar-refractivity contribution in [1.29, 1.82) is 0 Å². The third kappa shape index (κ3) is 3.90. The van der Waals surface area contributed by atoms with Crippen LogP contribution in [0, 0.1) is 0 Å². The van der Waals surface area contributed by atoms with Crippen molar-refractivity contribution in [2.24, 2.45) is 5.73 Å². The summed E-state index contributed by atoms with van der Waals surface area (Å²) in [5, 5.41) is 0. The molecule has 0 aliphatic heterocycles. The van der Waals surface area contributed by atoms with Crippen LogP contribution in [0.4, 0.5) is 5.69 Å². The molecule has 0 spiro atoms. The number of sulfonamides is 1. The fourth-order valence-corrected chi connectivity index (χ4v) is 2.86. The molecule has 116 valence electrons. The molecule has 0 unspecified atom stereocenters. The van der Waals surface area contributed by atoms with E-state index in [0.717, 1.165) is 11.8 Å². The summed E-state index contributed by atoms with van der Waals surface area (Å²) in [4.78, 5) is 15.4. The minimum Gasteiger partial charge on any atom is -0.324 e. The van der Waals surface area contributed by atoms with E-state index >= 15 is 0 Å². The largest absolute Gasteiger partial charge is 0.324 e.